The molecule has 1 aliphatic rings. The highest BCUT2D eigenvalue weighted by molar-refractivity contribution is 5.55. The molecular weight excluding hydrogens is 244 g/mol. The number of benzene rings is 2. The molecule has 1 nitrogen and oxygen atoms in total. The van der Waals surface area contributed by atoms with Gasteiger partial charge in [0.1, 0.15) is 0 Å². The van der Waals surface area contributed by atoms with Crippen LogP contribution in [-0.4, -0.2) is 6.54 Å². The number of para-hydroxylation sites is 1. The van der Waals surface area contributed by atoms with Crippen molar-refractivity contribution < 1.29 is 8.78 Å². The van der Waals surface area contributed by atoms with E-state index in [4.69, 9.17) is 0 Å². The van der Waals surface area contributed by atoms with Crippen molar-refractivity contribution in [2.45, 2.75) is 18.8 Å². The van der Waals surface area contributed by atoms with E-state index in [0.717, 1.165) is 24.7 Å². The van der Waals surface area contributed by atoms with E-state index < -0.39 is 11.6 Å². The van der Waals surface area contributed by atoms with E-state index in [1.54, 1.807) is 12.1 Å². The van der Waals surface area contributed by atoms with Crippen LogP contribution in [0.25, 0.3) is 0 Å². The summed E-state index contributed by atoms with van der Waals surface area (Å²) in [5.74, 6) is -1.23. The highest BCUT2D eigenvalue weighted by Gasteiger charge is 2.21. The van der Waals surface area contributed by atoms with Crippen molar-refractivity contribution >= 4 is 5.69 Å². The SMILES string of the molecule is Fc1cccc(CC2CCNc3ccccc32)c1F. The minimum atomic E-state index is -0.764. The second-order valence-electron chi connectivity index (χ2n) is 4.92. The van der Waals surface area contributed by atoms with Gasteiger partial charge in [0.15, 0.2) is 11.6 Å². The maximum absolute atomic E-state index is 13.7. The van der Waals surface area contributed by atoms with Crippen molar-refractivity contribution in [1.82, 2.24) is 0 Å². The van der Waals surface area contributed by atoms with E-state index in [0.29, 0.717) is 12.0 Å². The van der Waals surface area contributed by atoms with Crippen molar-refractivity contribution in [3.8, 4) is 0 Å². The summed E-state index contributed by atoms with van der Waals surface area (Å²) >= 11 is 0. The molecule has 1 aliphatic heterocycles. The molecule has 0 saturated heterocycles. The van der Waals surface area contributed by atoms with Crippen LogP contribution in [0.4, 0.5) is 14.5 Å². The number of hydrogen-bond acceptors (Lipinski definition) is 1. The molecule has 3 rings (SSSR count). The Labute approximate surface area is 111 Å². The fourth-order valence-electron chi connectivity index (χ4n) is 2.73. The first kappa shape index (κ1) is 12.2. The van der Waals surface area contributed by atoms with Crippen LogP contribution in [0.3, 0.4) is 0 Å². The number of anilines is 1. The first-order valence-electron chi connectivity index (χ1n) is 6.51. The molecule has 1 unspecified atom stereocenters. The summed E-state index contributed by atoms with van der Waals surface area (Å²) in [6, 6.07) is 12.5. The number of fused-ring (bicyclic) bond motifs is 1. The Hall–Kier alpha value is -1.90. The third-order valence-electron chi connectivity index (χ3n) is 3.71. The Balaban J connectivity index is 1.91. The zero-order chi connectivity index (χ0) is 13.2. The smallest absolute Gasteiger partial charge is 0.162 e. The molecule has 1 heterocycles. The molecule has 19 heavy (non-hydrogen) atoms. The fraction of sp³-hybridized carbons (Fsp3) is 0.250. The van der Waals surface area contributed by atoms with Gasteiger partial charge in [0.05, 0.1) is 0 Å². The monoisotopic (exact) mass is 259 g/mol. The van der Waals surface area contributed by atoms with Gasteiger partial charge in [0.2, 0.25) is 0 Å². The van der Waals surface area contributed by atoms with Crippen LogP contribution in [0.5, 0.6) is 0 Å². The van der Waals surface area contributed by atoms with Crippen LogP contribution in [0.2, 0.25) is 0 Å². The molecule has 0 saturated carbocycles. The van der Waals surface area contributed by atoms with Gasteiger partial charge in [0.25, 0.3) is 0 Å². The molecule has 1 atom stereocenters. The zero-order valence-electron chi connectivity index (χ0n) is 10.5. The van der Waals surface area contributed by atoms with Gasteiger partial charge in [-0.2, -0.15) is 0 Å². The first-order valence-corrected chi connectivity index (χ1v) is 6.51. The highest BCUT2D eigenvalue weighted by Crippen LogP contribution is 2.34. The molecule has 0 amide bonds. The lowest BCUT2D eigenvalue weighted by atomic mass is 9.86. The Kier molecular flexibility index (Phi) is 3.20. The summed E-state index contributed by atoms with van der Waals surface area (Å²) in [7, 11) is 0. The molecule has 2 aromatic carbocycles. The number of halogens is 2. The Morgan fingerprint density at radius 2 is 1.89 bits per heavy atom. The molecule has 0 fully saturated rings. The predicted molar refractivity (Wildman–Crippen MR) is 72.4 cm³/mol. The molecule has 2 aromatic rings. The third kappa shape index (κ3) is 2.33. The lowest BCUT2D eigenvalue weighted by molar-refractivity contribution is 0.490. The molecule has 0 aromatic heterocycles. The largest absolute Gasteiger partial charge is 0.385 e. The average Bonchev–Trinajstić information content (AvgIpc) is 2.44. The van der Waals surface area contributed by atoms with E-state index in [9.17, 15) is 8.78 Å². The second-order valence-corrected chi connectivity index (χ2v) is 4.92. The normalized spacial score (nSPS) is 17.7. The van der Waals surface area contributed by atoms with Crippen LogP contribution in [0.1, 0.15) is 23.5 Å². The highest BCUT2D eigenvalue weighted by atomic mass is 19.2. The quantitative estimate of drug-likeness (QED) is 0.856. The molecule has 0 spiro atoms. The summed E-state index contributed by atoms with van der Waals surface area (Å²) in [6.45, 7) is 0.874. The van der Waals surface area contributed by atoms with Crippen molar-refractivity contribution in [2.24, 2.45) is 0 Å². The lowest BCUT2D eigenvalue weighted by Crippen LogP contribution is -2.18. The lowest BCUT2D eigenvalue weighted by Gasteiger charge is -2.26. The maximum atomic E-state index is 13.7. The number of hydrogen-bond donors (Lipinski definition) is 1. The molecule has 0 bridgehead atoms. The summed E-state index contributed by atoms with van der Waals surface area (Å²) in [6.07, 6.45) is 1.48. The van der Waals surface area contributed by atoms with E-state index in [-0.39, 0.29) is 5.92 Å². The molecular formula is C16H15F2N. The van der Waals surface area contributed by atoms with Crippen LogP contribution < -0.4 is 5.32 Å². The molecule has 0 aliphatic carbocycles. The van der Waals surface area contributed by atoms with Gasteiger partial charge in [-0.3, -0.25) is 0 Å². The van der Waals surface area contributed by atoms with E-state index in [1.807, 2.05) is 18.2 Å². The Bertz CT molecular complexity index is 595. The van der Waals surface area contributed by atoms with Crippen molar-refractivity contribution in [2.75, 3.05) is 11.9 Å². The van der Waals surface area contributed by atoms with Crippen LogP contribution in [-0.2, 0) is 6.42 Å². The molecule has 98 valence electrons. The Morgan fingerprint density at radius 1 is 1.05 bits per heavy atom. The van der Waals surface area contributed by atoms with Gasteiger partial charge >= 0.3 is 0 Å². The van der Waals surface area contributed by atoms with E-state index in [2.05, 4.69) is 11.4 Å². The average molecular weight is 259 g/mol. The second kappa shape index (κ2) is 5.00. The van der Waals surface area contributed by atoms with Gasteiger partial charge in [-0.25, -0.2) is 8.78 Å². The van der Waals surface area contributed by atoms with Crippen molar-refractivity contribution in [1.29, 1.82) is 0 Å². The molecule has 1 N–H and O–H groups in total. The van der Waals surface area contributed by atoms with Crippen molar-refractivity contribution in [3.63, 3.8) is 0 Å². The van der Waals surface area contributed by atoms with Crippen LogP contribution >= 0.6 is 0 Å². The number of rotatable bonds is 2. The third-order valence-corrected chi connectivity index (χ3v) is 3.71. The fourth-order valence-corrected chi connectivity index (χ4v) is 2.73. The van der Waals surface area contributed by atoms with Crippen LogP contribution in [0, 0.1) is 11.6 Å². The minimum absolute atomic E-state index is 0.244. The van der Waals surface area contributed by atoms with Gasteiger partial charge in [-0.15, -0.1) is 0 Å². The summed E-state index contributed by atoms with van der Waals surface area (Å²) in [4.78, 5) is 0. The summed E-state index contributed by atoms with van der Waals surface area (Å²) < 4.78 is 27.0. The Morgan fingerprint density at radius 3 is 2.79 bits per heavy atom. The topological polar surface area (TPSA) is 12.0 Å². The zero-order valence-corrected chi connectivity index (χ0v) is 10.5. The van der Waals surface area contributed by atoms with Gasteiger partial charge in [-0.05, 0) is 42.0 Å². The van der Waals surface area contributed by atoms with Crippen molar-refractivity contribution in [3.05, 3.63) is 65.2 Å². The van der Waals surface area contributed by atoms with Gasteiger partial charge in [0, 0.05) is 12.2 Å². The first-order chi connectivity index (χ1) is 9.25. The number of nitrogens with one attached hydrogen (secondary N) is 1. The van der Waals surface area contributed by atoms with Crippen LogP contribution in [0.15, 0.2) is 42.5 Å². The minimum Gasteiger partial charge on any atom is -0.385 e. The van der Waals surface area contributed by atoms with Gasteiger partial charge in [-0.1, -0.05) is 30.3 Å². The summed E-state index contributed by atoms with van der Waals surface area (Å²) in [5.41, 5.74) is 2.76. The molecule has 3 heteroatoms. The van der Waals surface area contributed by atoms with Gasteiger partial charge < -0.3 is 5.32 Å². The predicted octanol–water partition coefficient (Wildman–Crippen LogP) is 4.11. The van der Waals surface area contributed by atoms with E-state index >= 15 is 0 Å². The van der Waals surface area contributed by atoms with E-state index in [1.165, 1.54) is 5.56 Å². The standard InChI is InChI=1S/C16H15F2N/c17-14-6-3-4-12(16(14)18)10-11-8-9-19-15-7-2-1-5-13(11)15/h1-7,11,19H,8-10H2. The maximum Gasteiger partial charge on any atom is 0.162 e. The molecule has 0 radical (unpaired) electrons. The summed E-state index contributed by atoms with van der Waals surface area (Å²) in [5, 5.41) is 3.34.